The molecule has 7 nitrogen and oxygen atoms in total. The Hall–Kier alpha value is -2.57. The summed E-state index contributed by atoms with van der Waals surface area (Å²) in [7, 11) is 1.63. The van der Waals surface area contributed by atoms with Crippen LogP contribution in [0.2, 0.25) is 0 Å². The summed E-state index contributed by atoms with van der Waals surface area (Å²) < 4.78 is 16.3. The van der Waals surface area contributed by atoms with Crippen molar-refractivity contribution in [3.8, 4) is 11.5 Å². The highest BCUT2D eigenvalue weighted by atomic mass is 16.5. The van der Waals surface area contributed by atoms with Gasteiger partial charge in [0, 0.05) is 25.9 Å². The summed E-state index contributed by atoms with van der Waals surface area (Å²) in [6, 6.07) is 5.82. The van der Waals surface area contributed by atoms with E-state index < -0.39 is 0 Å². The summed E-state index contributed by atoms with van der Waals surface area (Å²) in [6.07, 6.45) is 2.42. The van der Waals surface area contributed by atoms with Gasteiger partial charge >= 0.3 is 0 Å². The van der Waals surface area contributed by atoms with Crippen molar-refractivity contribution in [3.05, 3.63) is 35.5 Å². The lowest BCUT2D eigenvalue weighted by molar-refractivity contribution is -0.138. The Morgan fingerprint density at radius 1 is 1.31 bits per heavy atom. The van der Waals surface area contributed by atoms with Gasteiger partial charge in [-0.1, -0.05) is 17.3 Å². The quantitative estimate of drug-likeness (QED) is 0.839. The van der Waals surface area contributed by atoms with Crippen LogP contribution in [0.3, 0.4) is 0 Å². The molecular formula is C19H23N3O4. The van der Waals surface area contributed by atoms with E-state index in [0.29, 0.717) is 18.9 Å². The summed E-state index contributed by atoms with van der Waals surface area (Å²) in [5.41, 5.74) is 1.03. The molecule has 1 amide bonds. The molecule has 7 heteroatoms. The van der Waals surface area contributed by atoms with Crippen molar-refractivity contribution >= 4 is 5.91 Å². The number of fused-ring (bicyclic) bond motifs is 1. The Morgan fingerprint density at radius 3 is 2.81 bits per heavy atom. The molecule has 2 aliphatic heterocycles. The van der Waals surface area contributed by atoms with Crippen LogP contribution < -0.4 is 9.47 Å². The van der Waals surface area contributed by atoms with E-state index in [1.165, 1.54) is 0 Å². The molecule has 1 saturated heterocycles. The minimum Gasteiger partial charge on any atom is -0.493 e. The maximum Gasteiger partial charge on any atom is 0.229 e. The highest BCUT2D eigenvalue weighted by Gasteiger charge is 2.33. The smallest absolute Gasteiger partial charge is 0.229 e. The average Bonchev–Trinajstić information content (AvgIpc) is 3.13. The SMILES string of the molecule is COc1cccc2c1OC[C@@H](C(=O)N1CCC(c3noc(C)n3)CC1)C2. The van der Waals surface area contributed by atoms with E-state index in [0.717, 1.165) is 48.8 Å². The Kier molecular flexibility index (Phi) is 4.53. The van der Waals surface area contributed by atoms with E-state index in [2.05, 4.69) is 10.1 Å². The monoisotopic (exact) mass is 357 g/mol. The number of methoxy groups -OCH3 is 1. The Labute approximate surface area is 152 Å². The molecule has 26 heavy (non-hydrogen) atoms. The van der Waals surface area contributed by atoms with Gasteiger partial charge in [0.2, 0.25) is 11.8 Å². The van der Waals surface area contributed by atoms with Gasteiger partial charge in [-0.25, -0.2) is 0 Å². The van der Waals surface area contributed by atoms with Crippen LogP contribution in [0.15, 0.2) is 22.7 Å². The third-order valence-electron chi connectivity index (χ3n) is 5.24. The number of para-hydroxylation sites is 1. The standard InChI is InChI=1S/C19H23N3O4/c1-12-20-18(21-26-12)13-6-8-22(9-7-13)19(23)15-10-14-4-3-5-16(24-2)17(14)25-11-15/h3-5,13,15H,6-11H2,1-2H3/t15-/m0/s1. The third-order valence-corrected chi connectivity index (χ3v) is 5.24. The minimum atomic E-state index is -0.140. The van der Waals surface area contributed by atoms with Crippen molar-refractivity contribution in [3.63, 3.8) is 0 Å². The molecule has 3 heterocycles. The van der Waals surface area contributed by atoms with Gasteiger partial charge in [-0.15, -0.1) is 0 Å². The number of piperidine rings is 1. The van der Waals surface area contributed by atoms with Gasteiger partial charge in [0.15, 0.2) is 17.3 Å². The van der Waals surface area contributed by atoms with Gasteiger partial charge in [0.25, 0.3) is 0 Å². The number of aryl methyl sites for hydroxylation is 1. The van der Waals surface area contributed by atoms with Crippen LogP contribution in [-0.4, -0.2) is 47.8 Å². The van der Waals surface area contributed by atoms with Gasteiger partial charge in [-0.3, -0.25) is 4.79 Å². The molecule has 1 aromatic heterocycles. The number of amides is 1. The van der Waals surface area contributed by atoms with Crippen LogP contribution in [0, 0.1) is 12.8 Å². The van der Waals surface area contributed by atoms with Gasteiger partial charge in [-0.2, -0.15) is 4.98 Å². The number of carbonyl (C=O) groups is 1. The molecule has 0 radical (unpaired) electrons. The average molecular weight is 357 g/mol. The predicted molar refractivity (Wildman–Crippen MR) is 93.3 cm³/mol. The van der Waals surface area contributed by atoms with E-state index in [9.17, 15) is 4.79 Å². The van der Waals surface area contributed by atoms with E-state index in [1.807, 2.05) is 23.1 Å². The van der Waals surface area contributed by atoms with Crippen LogP contribution in [0.4, 0.5) is 0 Å². The third kappa shape index (κ3) is 3.13. The zero-order valence-corrected chi connectivity index (χ0v) is 15.1. The summed E-state index contributed by atoms with van der Waals surface area (Å²) >= 11 is 0. The number of hydrogen-bond acceptors (Lipinski definition) is 6. The van der Waals surface area contributed by atoms with Crippen molar-refractivity contribution in [1.82, 2.24) is 15.0 Å². The topological polar surface area (TPSA) is 77.7 Å². The second-order valence-corrected chi connectivity index (χ2v) is 6.93. The normalized spacial score (nSPS) is 20.4. The summed E-state index contributed by atoms with van der Waals surface area (Å²) in [6.45, 7) is 3.64. The Balaban J connectivity index is 1.38. The zero-order chi connectivity index (χ0) is 18.1. The number of ether oxygens (including phenoxy) is 2. The molecule has 1 atom stereocenters. The number of hydrogen-bond donors (Lipinski definition) is 0. The van der Waals surface area contributed by atoms with E-state index in [1.54, 1.807) is 14.0 Å². The second kappa shape index (κ2) is 6.97. The molecule has 2 aromatic rings. The van der Waals surface area contributed by atoms with Crippen molar-refractivity contribution < 1.29 is 18.8 Å². The molecule has 138 valence electrons. The van der Waals surface area contributed by atoms with Gasteiger partial charge in [-0.05, 0) is 30.9 Å². The van der Waals surface area contributed by atoms with Crippen LogP contribution in [-0.2, 0) is 11.2 Å². The lowest BCUT2D eigenvalue weighted by atomic mass is 9.92. The molecule has 0 saturated carbocycles. The van der Waals surface area contributed by atoms with Crippen molar-refractivity contribution in [1.29, 1.82) is 0 Å². The molecule has 1 aromatic carbocycles. The van der Waals surface area contributed by atoms with Crippen LogP contribution in [0.1, 0.15) is 36.0 Å². The second-order valence-electron chi connectivity index (χ2n) is 6.93. The number of aromatic nitrogens is 2. The fourth-order valence-corrected chi connectivity index (χ4v) is 3.81. The number of rotatable bonds is 3. The molecule has 4 rings (SSSR count). The highest BCUT2D eigenvalue weighted by Crippen LogP contribution is 2.37. The number of likely N-dealkylation sites (tertiary alicyclic amines) is 1. The number of carbonyl (C=O) groups excluding carboxylic acids is 1. The summed E-state index contributed by atoms with van der Waals surface area (Å²) in [5.74, 6) is 3.14. The van der Waals surface area contributed by atoms with Crippen LogP contribution in [0.25, 0.3) is 0 Å². The maximum atomic E-state index is 12.9. The first-order valence-electron chi connectivity index (χ1n) is 9.03. The van der Waals surface area contributed by atoms with Crippen LogP contribution >= 0.6 is 0 Å². The largest absolute Gasteiger partial charge is 0.493 e. The van der Waals surface area contributed by atoms with Gasteiger partial charge < -0.3 is 18.9 Å². The fraction of sp³-hybridized carbons (Fsp3) is 0.526. The highest BCUT2D eigenvalue weighted by molar-refractivity contribution is 5.80. The molecule has 0 spiro atoms. The van der Waals surface area contributed by atoms with Gasteiger partial charge in [0.1, 0.15) is 6.61 Å². The minimum absolute atomic E-state index is 0.140. The first kappa shape index (κ1) is 16.9. The first-order valence-corrected chi connectivity index (χ1v) is 9.03. The first-order chi connectivity index (χ1) is 12.7. The van der Waals surface area contributed by atoms with Crippen molar-refractivity contribution in [2.24, 2.45) is 5.92 Å². The number of nitrogens with zero attached hydrogens (tertiary/aromatic N) is 3. The Bertz CT molecular complexity index is 796. The lowest BCUT2D eigenvalue weighted by Crippen LogP contribution is -2.44. The van der Waals surface area contributed by atoms with Crippen molar-refractivity contribution in [2.75, 3.05) is 26.8 Å². The molecule has 1 fully saturated rings. The maximum absolute atomic E-state index is 12.9. The summed E-state index contributed by atoms with van der Waals surface area (Å²) in [5, 5.41) is 4.02. The Morgan fingerprint density at radius 2 is 2.12 bits per heavy atom. The zero-order valence-electron chi connectivity index (χ0n) is 15.1. The molecule has 0 N–H and O–H groups in total. The molecule has 0 unspecified atom stereocenters. The van der Waals surface area contributed by atoms with E-state index in [-0.39, 0.29) is 17.7 Å². The van der Waals surface area contributed by atoms with Crippen LogP contribution in [0.5, 0.6) is 11.5 Å². The molecular weight excluding hydrogens is 334 g/mol. The summed E-state index contributed by atoms with van der Waals surface area (Å²) in [4.78, 5) is 19.2. The molecule has 2 aliphatic rings. The van der Waals surface area contributed by atoms with E-state index >= 15 is 0 Å². The van der Waals surface area contributed by atoms with Crippen molar-refractivity contribution in [2.45, 2.75) is 32.1 Å². The van der Waals surface area contributed by atoms with E-state index in [4.69, 9.17) is 14.0 Å². The fourth-order valence-electron chi connectivity index (χ4n) is 3.81. The molecule has 0 bridgehead atoms. The predicted octanol–water partition coefficient (Wildman–Crippen LogP) is 2.34. The number of benzene rings is 1. The van der Waals surface area contributed by atoms with Gasteiger partial charge in [0.05, 0.1) is 13.0 Å². The lowest BCUT2D eigenvalue weighted by Gasteiger charge is -2.34. The molecule has 0 aliphatic carbocycles.